The van der Waals surface area contributed by atoms with Crippen LogP contribution < -0.4 is 15.4 Å². The van der Waals surface area contributed by atoms with E-state index in [0.717, 1.165) is 5.56 Å². The molecule has 0 aliphatic carbocycles. The van der Waals surface area contributed by atoms with Crippen molar-refractivity contribution < 1.29 is 23.1 Å². The number of hydrogen-bond donors (Lipinski definition) is 4. The van der Waals surface area contributed by atoms with Crippen LogP contribution in [0.2, 0.25) is 0 Å². The van der Waals surface area contributed by atoms with Crippen LogP contribution in [0.1, 0.15) is 11.1 Å². The summed E-state index contributed by atoms with van der Waals surface area (Å²) in [6.45, 7) is 2.11. The molecule has 8 nitrogen and oxygen atoms in total. The molecule has 2 aromatic carbocycles. The Morgan fingerprint density at radius 2 is 1.60 bits per heavy atom. The number of phenols is 1. The molecule has 162 valence electrons. The molecule has 2 rings (SSSR count). The van der Waals surface area contributed by atoms with Crippen molar-refractivity contribution in [1.29, 1.82) is 0 Å². The van der Waals surface area contributed by atoms with Crippen molar-refractivity contribution >= 4 is 33.4 Å². The highest BCUT2D eigenvalue weighted by molar-refractivity contribution is 7.89. The van der Waals surface area contributed by atoms with Gasteiger partial charge < -0.3 is 15.7 Å². The number of carbonyl (C=O) groups is 2. The van der Waals surface area contributed by atoms with Crippen LogP contribution in [0.5, 0.6) is 5.75 Å². The van der Waals surface area contributed by atoms with Crippen molar-refractivity contribution in [2.75, 3.05) is 19.0 Å². The Morgan fingerprint density at radius 3 is 2.20 bits per heavy atom. The van der Waals surface area contributed by atoms with Gasteiger partial charge in [0.05, 0.1) is 4.90 Å². The Kier molecular flexibility index (Phi) is 8.64. The van der Waals surface area contributed by atoms with Gasteiger partial charge in [-0.05, 0) is 43.2 Å². The molecule has 0 bridgehead atoms. The number of sulfonamides is 1. The number of carbonyl (C=O) groups excluding carboxylic acids is 2. The summed E-state index contributed by atoms with van der Waals surface area (Å²) in [5, 5.41) is 14.5. The van der Waals surface area contributed by atoms with E-state index in [9.17, 15) is 23.1 Å². The molecule has 4 N–H and O–H groups in total. The fourth-order valence-corrected chi connectivity index (χ4v) is 3.88. The Morgan fingerprint density at radius 1 is 1.00 bits per heavy atom. The van der Waals surface area contributed by atoms with E-state index in [1.807, 2.05) is 6.92 Å². The summed E-state index contributed by atoms with van der Waals surface area (Å²) in [4.78, 5) is 23.9. The third-order valence-corrected chi connectivity index (χ3v) is 5.92. The van der Waals surface area contributed by atoms with E-state index in [2.05, 4.69) is 15.4 Å². The Hall–Kier alpha value is -2.62. The fourth-order valence-electron chi connectivity index (χ4n) is 2.59. The number of phenolic OH excluding ortho intramolecular Hbond substituents is 1. The van der Waals surface area contributed by atoms with Gasteiger partial charge in [-0.1, -0.05) is 29.8 Å². The lowest BCUT2D eigenvalue weighted by Gasteiger charge is -2.19. The Bertz CT molecular complexity index is 963. The molecule has 1 atom stereocenters. The van der Waals surface area contributed by atoms with E-state index in [1.165, 1.54) is 24.3 Å². The molecule has 0 radical (unpaired) electrons. The molecule has 0 aliphatic heterocycles. The van der Waals surface area contributed by atoms with Crippen LogP contribution in [-0.2, 0) is 26.0 Å². The molecule has 0 spiro atoms. The van der Waals surface area contributed by atoms with Gasteiger partial charge in [-0.2, -0.15) is 4.72 Å². The number of benzene rings is 2. The SMILES string of the molecule is Cc1ccc(S(=O)(=O)NC(Cc2ccc(O)cc2)C(=O)NCCNC(=O)CCl)cc1. The molecular weight excluding hydrogens is 430 g/mol. The molecular formula is C20H24ClN3O5S. The summed E-state index contributed by atoms with van der Waals surface area (Å²) < 4.78 is 28.0. The van der Waals surface area contributed by atoms with Crippen molar-refractivity contribution in [1.82, 2.24) is 15.4 Å². The first kappa shape index (κ1) is 23.7. The predicted octanol–water partition coefficient (Wildman–Crippen LogP) is 1.06. The highest BCUT2D eigenvalue weighted by Gasteiger charge is 2.26. The molecule has 30 heavy (non-hydrogen) atoms. The lowest BCUT2D eigenvalue weighted by Crippen LogP contribution is -2.49. The maximum Gasteiger partial charge on any atom is 0.241 e. The first-order valence-electron chi connectivity index (χ1n) is 9.18. The number of halogens is 1. The van der Waals surface area contributed by atoms with Crippen LogP contribution in [-0.4, -0.2) is 50.4 Å². The van der Waals surface area contributed by atoms with Gasteiger partial charge in [-0.3, -0.25) is 9.59 Å². The van der Waals surface area contributed by atoms with Gasteiger partial charge in [0.2, 0.25) is 21.8 Å². The second-order valence-corrected chi connectivity index (χ2v) is 8.61. The molecule has 1 unspecified atom stereocenters. The molecule has 2 aromatic rings. The Labute approximate surface area is 180 Å². The normalized spacial score (nSPS) is 12.2. The van der Waals surface area contributed by atoms with Crippen LogP contribution >= 0.6 is 11.6 Å². The monoisotopic (exact) mass is 453 g/mol. The fraction of sp³-hybridized carbons (Fsp3) is 0.300. The van der Waals surface area contributed by atoms with E-state index in [1.54, 1.807) is 24.3 Å². The third kappa shape index (κ3) is 7.33. The largest absolute Gasteiger partial charge is 0.508 e. The van der Waals surface area contributed by atoms with Gasteiger partial charge in [-0.15, -0.1) is 11.6 Å². The minimum absolute atomic E-state index is 0.0472. The summed E-state index contributed by atoms with van der Waals surface area (Å²) in [5.74, 6) is -1.03. The minimum Gasteiger partial charge on any atom is -0.508 e. The second kappa shape index (κ2) is 11.0. The van der Waals surface area contributed by atoms with Crippen molar-refractivity contribution in [3.05, 3.63) is 59.7 Å². The maximum atomic E-state index is 12.8. The minimum atomic E-state index is -3.94. The van der Waals surface area contributed by atoms with Crippen LogP contribution in [0.25, 0.3) is 0 Å². The van der Waals surface area contributed by atoms with E-state index in [-0.39, 0.29) is 41.9 Å². The highest BCUT2D eigenvalue weighted by Crippen LogP contribution is 2.14. The quantitative estimate of drug-likeness (QED) is 0.316. The van der Waals surface area contributed by atoms with Gasteiger partial charge in [0.1, 0.15) is 17.7 Å². The zero-order valence-electron chi connectivity index (χ0n) is 16.4. The summed E-state index contributed by atoms with van der Waals surface area (Å²) >= 11 is 5.39. The van der Waals surface area contributed by atoms with Crippen molar-refractivity contribution in [3.63, 3.8) is 0 Å². The molecule has 0 heterocycles. The standard InChI is InChI=1S/C20H24ClN3O5S/c1-14-2-8-17(9-3-14)30(28,29)24-18(12-15-4-6-16(25)7-5-15)20(27)23-11-10-22-19(26)13-21/h2-9,18,24-25H,10-13H2,1H3,(H,22,26)(H,23,27). The topological polar surface area (TPSA) is 125 Å². The molecule has 2 amide bonds. The van der Waals surface area contributed by atoms with E-state index in [0.29, 0.717) is 5.56 Å². The average Bonchev–Trinajstić information content (AvgIpc) is 2.72. The first-order chi connectivity index (χ1) is 14.2. The van der Waals surface area contributed by atoms with E-state index >= 15 is 0 Å². The van der Waals surface area contributed by atoms with E-state index < -0.39 is 22.0 Å². The highest BCUT2D eigenvalue weighted by atomic mass is 35.5. The number of nitrogens with one attached hydrogen (secondary N) is 3. The van der Waals surface area contributed by atoms with Crippen LogP contribution in [0.15, 0.2) is 53.4 Å². The summed E-state index contributed by atoms with van der Waals surface area (Å²) in [7, 11) is -3.94. The van der Waals surface area contributed by atoms with Gasteiger partial charge in [0, 0.05) is 13.1 Å². The molecule has 0 aromatic heterocycles. The second-order valence-electron chi connectivity index (χ2n) is 6.63. The van der Waals surface area contributed by atoms with Gasteiger partial charge >= 0.3 is 0 Å². The number of aromatic hydroxyl groups is 1. The van der Waals surface area contributed by atoms with Gasteiger partial charge in [0.25, 0.3) is 0 Å². The zero-order chi connectivity index (χ0) is 22.1. The van der Waals surface area contributed by atoms with Crippen molar-refractivity contribution in [2.24, 2.45) is 0 Å². The summed E-state index contributed by atoms with van der Waals surface area (Å²) in [6.07, 6.45) is 0.0746. The molecule has 0 saturated carbocycles. The Balaban J connectivity index is 2.13. The van der Waals surface area contributed by atoms with Crippen LogP contribution in [0.4, 0.5) is 0 Å². The molecule has 0 fully saturated rings. The lowest BCUT2D eigenvalue weighted by atomic mass is 10.1. The zero-order valence-corrected chi connectivity index (χ0v) is 18.0. The van der Waals surface area contributed by atoms with Gasteiger partial charge in [0.15, 0.2) is 0 Å². The maximum absolute atomic E-state index is 12.8. The number of hydrogen-bond acceptors (Lipinski definition) is 5. The summed E-state index contributed by atoms with van der Waals surface area (Å²) in [6, 6.07) is 11.3. The van der Waals surface area contributed by atoms with Crippen LogP contribution in [0.3, 0.4) is 0 Å². The lowest BCUT2D eigenvalue weighted by molar-refractivity contribution is -0.123. The smallest absolute Gasteiger partial charge is 0.241 e. The van der Waals surface area contributed by atoms with Gasteiger partial charge in [-0.25, -0.2) is 8.42 Å². The first-order valence-corrected chi connectivity index (χ1v) is 11.2. The molecule has 0 aliphatic rings. The number of amides is 2. The van der Waals surface area contributed by atoms with Crippen molar-refractivity contribution in [2.45, 2.75) is 24.3 Å². The summed E-state index contributed by atoms with van der Waals surface area (Å²) in [5.41, 5.74) is 1.57. The number of rotatable bonds is 10. The van der Waals surface area contributed by atoms with Crippen LogP contribution in [0, 0.1) is 6.92 Å². The molecule has 0 saturated heterocycles. The number of alkyl halides is 1. The predicted molar refractivity (Wildman–Crippen MR) is 114 cm³/mol. The van der Waals surface area contributed by atoms with E-state index in [4.69, 9.17) is 11.6 Å². The third-order valence-electron chi connectivity index (χ3n) is 4.19. The number of aryl methyl sites for hydroxylation is 1. The average molecular weight is 454 g/mol. The van der Waals surface area contributed by atoms with Crippen molar-refractivity contribution in [3.8, 4) is 5.75 Å². The molecule has 10 heteroatoms.